The number of ether oxygens (including phenoxy) is 4. The Morgan fingerprint density at radius 1 is 1.12 bits per heavy atom. The van der Waals surface area contributed by atoms with Crippen LogP contribution in [0.15, 0.2) is 12.7 Å². The second-order valence-electron chi connectivity index (χ2n) is 2.96. The predicted octanol–water partition coefficient (Wildman–Crippen LogP) is 0.577. The van der Waals surface area contributed by atoms with Crippen molar-refractivity contribution >= 4 is 0 Å². The number of hydrogen-bond acceptors (Lipinski definition) is 5. The Bertz CT molecular complexity index is 151. The zero-order valence-corrected chi connectivity index (χ0v) is 9.89. The van der Waals surface area contributed by atoms with Crippen molar-refractivity contribution in [3.05, 3.63) is 12.7 Å². The predicted molar refractivity (Wildman–Crippen MR) is 60.3 cm³/mol. The lowest BCUT2D eigenvalue weighted by Gasteiger charge is -2.11. The van der Waals surface area contributed by atoms with Crippen LogP contribution in [0, 0.1) is 0 Å². The number of aliphatic hydroxyl groups is 1. The maximum absolute atomic E-state index is 9.20. The highest BCUT2D eigenvalue weighted by atomic mass is 16.6. The summed E-state index contributed by atoms with van der Waals surface area (Å²) in [6, 6.07) is 0. The molecule has 0 amide bonds. The normalized spacial score (nSPS) is 12.6. The van der Waals surface area contributed by atoms with Crippen LogP contribution >= 0.6 is 0 Å². The largest absolute Gasteiger partial charge is 0.379 e. The second kappa shape index (κ2) is 12.6. The van der Waals surface area contributed by atoms with Gasteiger partial charge in [0.1, 0.15) is 0 Å². The summed E-state index contributed by atoms with van der Waals surface area (Å²) in [7, 11) is 0. The van der Waals surface area contributed by atoms with Gasteiger partial charge in [-0.05, 0) is 6.92 Å². The third-order valence-electron chi connectivity index (χ3n) is 1.62. The molecule has 0 radical (unpaired) electrons. The zero-order chi connectivity index (χ0) is 12.1. The molecule has 0 aromatic carbocycles. The van der Waals surface area contributed by atoms with Gasteiger partial charge in [-0.2, -0.15) is 0 Å². The molecular formula is C11H22O5. The molecular weight excluding hydrogens is 212 g/mol. The number of rotatable bonds is 12. The van der Waals surface area contributed by atoms with Crippen molar-refractivity contribution in [3.63, 3.8) is 0 Å². The lowest BCUT2D eigenvalue weighted by molar-refractivity contribution is -0.133. The molecule has 5 heteroatoms. The van der Waals surface area contributed by atoms with E-state index in [0.29, 0.717) is 39.6 Å². The summed E-state index contributed by atoms with van der Waals surface area (Å²) in [6.45, 7) is 8.64. The summed E-state index contributed by atoms with van der Waals surface area (Å²) in [5, 5.41) is 9.20. The van der Waals surface area contributed by atoms with Crippen LogP contribution in [-0.4, -0.2) is 57.6 Å². The average molecular weight is 234 g/mol. The minimum atomic E-state index is -0.901. The van der Waals surface area contributed by atoms with E-state index in [0.717, 1.165) is 0 Å². The second-order valence-corrected chi connectivity index (χ2v) is 2.96. The van der Waals surface area contributed by atoms with Gasteiger partial charge >= 0.3 is 0 Å². The summed E-state index contributed by atoms with van der Waals surface area (Å²) in [5.74, 6) is 0. The summed E-state index contributed by atoms with van der Waals surface area (Å²) >= 11 is 0. The zero-order valence-electron chi connectivity index (χ0n) is 9.89. The van der Waals surface area contributed by atoms with Gasteiger partial charge in [-0.3, -0.25) is 0 Å². The fraction of sp³-hybridized carbons (Fsp3) is 0.818. The highest BCUT2D eigenvalue weighted by Crippen LogP contribution is 1.89. The fourth-order valence-electron chi connectivity index (χ4n) is 0.893. The SMILES string of the molecule is C=CCOC(O)COCCOCCOCC. The highest BCUT2D eigenvalue weighted by molar-refractivity contribution is 4.64. The van der Waals surface area contributed by atoms with Crippen LogP contribution in [-0.2, 0) is 18.9 Å². The molecule has 1 N–H and O–H groups in total. The third kappa shape index (κ3) is 11.6. The molecule has 0 aliphatic rings. The minimum absolute atomic E-state index is 0.142. The molecule has 1 atom stereocenters. The molecule has 5 nitrogen and oxygen atoms in total. The van der Waals surface area contributed by atoms with Gasteiger partial charge in [0.15, 0.2) is 6.29 Å². The molecule has 0 aromatic heterocycles. The Morgan fingerprint density at radius 2 is 1.75 bits per heavy atom. The van der Waals surface area contributed by atoms with Crippen molar-refractivity contribution in [2.45, 2.75) is 13.2 Å². The molecule has 0 spiro atoms. The monoisotopic (exact) mass is 234 g/mol. The molecule has 96 valence electrons. The van der Waals surface area contributed by atoms with Gasteiger partial charge in [-0.25, -0.2) is 0 Å². The van der Waals surface area contributed by atoms with Crippen molar-refractivity contribution in [1.29, 1.82) is 0 Å². The molecule has 0 aromatic rings. The van der Waals surface area contributed by atoms with Crippen LogP contribution in [0.3, 0.4) is 0 Å². The summed E-state index contributed by atoms with van der Waals surface area (Å²) in [6.07, 6.45) is 0.668. The Morgan fingerprint density at radius 3 is 2.38 bits per heavy atom. The molecule has 0 aliphatic heterocycles. The smallest absolute Gasteiger partial charge is 0.178 e. The van der Waals surface area contributed by atoms with Crippen LogP contribution in [0.5, 0.6) is 0 Å². The van der Waals surface area contributed by atoms with Crippen LogP contribution in [0.4, 0.5) is 0 Å². The number of aliphatic hydroxyl groups excluding tert-OH is 1. The van der Waals surface area contributed by atoms with Gasteiger partial charge in [0.05, 0.1) is 39.6 Å². The number of hydrogen-bond donors (Lipinski definition) is 1. The first-order chi connectivity index (χ1) is 7.81. The van der Waals surface area contributed by atoms with E-state index in [1.807, 2.05) is 6.92 Å². The van der Waals surface area contributed by atoms with Crippen LogP contribution in [0.25, 0.3) is 0 Å². The Balaban J connectivity index is 3.05. The Hall–Kier alpha value is -0.460. The molecule has 0 fully saturated rings. The first-order valence-corrected chi connectivity index (χ1v) is 5.45. The Kier molecular flexibility index (Phi) is 12.2. The van der Waals surface area contributed by atoms with Gasteiger partial charge in [0, 0.05) is 6.61 Å². The summed E-state index contributed by atoms with van der Waals surface area (Å²) in [4.78, 5) is 0. The van der Waals surface area contributed by atoms with E-state index in [-0.39, 0.29) is 6.61 Å². The van der Waals surface area contributed by atoms with E-state index >= 15 is 0 Å². The minimum Gasteiger partial charge on any atom is -0.379 e. The maximum Gasteiger partial charge on any atom is 0.178 e. The Labute approximate surface area is 96.9 Å². The van der Waals surface area contributed by atoms with Crippen molar-refractivity contribution in [2.75, 3.05) is 46.2 Å². The van der Waals surface area contributed by atoms with E-state index in [1.165, 1.54) is 0 Å². The van der Waals surface area contributed by atoms with Gasteiger partial charge in [-0.1, -0.05) is 6.08 Å². The highest BCUT2D eigenvalue weighted by Gasteiger charge is 2.01. The first kappa shape index (κ1) is 15.5. The standard InChI is InChI=1S/C11H22O5/c1-3-5-16-11(12)10-15-9-8-14-7-6-13-4-2/h3,11-12H,1,4-10H2,2H3. The maximum atomic E-state index is 9.20. The summed E-state index contributed by atoms with van der Waals surface area (Å²) < 4.78 is 20.3. The van der Waals surface area contributed by atoms with E-state index in [9.17, 15) is 5.11 Å². The first-order valence-electron chi connectivity index (χ1n) is 5.45. The van der Waals surface area contributed by atoms with Crippen molar-refractivity contribution in [1.82, 2.24) is 0 Å². The average Bonchev–Trinajstić information content (AvgIpc) is 2.30. The molecule has 16 heavy (non-hydrogen) atoms. The van der Waals surface area contributed by atoms with E-state index in [2.05, 4.69) is 6.58 Å². The third-order valence-corrected chi connectivity index (χ3v) is 1.62. The van der Waals surface area contributed by atoms with Gasteiger partial charge in [-0.15, -0.1) is 6.58 Å². The van der Waals surface area contributed by atoms with Crippen molar-refractivity contribution in [3.8, 4) is 0 Å². The van der Waals surface area contributed by atoms with E-state index in [4.69, 9.17) is 18.9 Å². The molecule has 0 heterocycles. The topological polar surface area (TPSA) is 57.2 Å². The molecule has 0 saturated heterocycles. The van der Waals surface area contributed by atoms with Crippen LogP contribution in [0.1, 0.15) is 6.92 Å². The molecule has 0 bridgehead atoms. The van der Waals surface area contributed by atoms with Crippen LogP contribution < -0.4 is 0 Å². The molecule has 1 unspecified atom stereocenters. The van der Waals surface area contributed by atoms with E-state index in [1.54, 1.807) is 6.08 Å². The summed E-state index contributed by atoms with van der Waals surface area (Å²) in [5.41, 5.74) is 0. The van der Waals surface area contributed by atoms with Crippen LogP contribution in [0.2, 0.25) is 0 Å². The fourth-order valence-corrected chi connectivity index (χ4v) is 0.893. The van der Waals surface area contributed by atoms with Gasteiger partial charge < -0.3 is 24.1 Å². The lowest BCUT2D eigenvalue weighted by Crippen LogP contribution is -2.21. The van der Waals surface area contributed by atoms with Crippen molar-refractivity contribution < 1.29 is 24.1 Å². The van der Waals surface area contributed by atoms with Crippen molar-refractivity contribution in [2.24, 2.45) is 0 Å². The van der Waals surface area contributed by atoms with Gasteiger partial charge in [0.2, 0.25) is 0 Å². The molecule has 0 aliphatic carbocycles. The molecule has 0 rings (SSSR count). The molecule has 0 saturated carbocycles. The van der Waals surface area contributed by atoms with E-state index < -0.39 is 6.29 Å². The quantitative estimate of drug-likeness (QED) is 0.304. The van der Waals surface area contributed by atoms with Gasteiger partial charge in [0.25, 0.3) is 0 Å². The lowest BCUT2D eigenvalue weighted by atomic mass is 10.6.